The van der Waals surface area contributed by atoms with Crippen LogP contribution in [-0.4, -0.2) is 29.1 Å². The number of thiophene rings is 2. The van der Waals surface area contributed by atoms with Crippen molar-refractivity contribution >= 4 is 22.7 Å². The van der Waals surface area contributed by atoms with Crippen LogP contribution < -0.4 is 0 Å². The second-order valence-corrected chi connectivity index (χ2v) is 8.36. The van der Waals surface area contributed by atoms with Gasteiger partial charge in [0.05, 0.1) is 16.7 Å². The van der Waals surface area contributed by atoms with Crippen LogP contribution in [0.25, 0.3) is 10.8 Å². The van der Waals surface area contributed by atoms with E-state index < -0.39 is 0 Å². The number of oxazole rings is 1. The van der Waals surface area contributed by atoms with E-state index in [1.807, 2.05) is 13.0 Å². The maximum Gasteiger partial charge on any atom is 0.236 e. The monoisotopic (exact) mass is 374 g/mol. The molecule has 3 aromatic heterocycles. The van der Waals surface area contributed by atoms with Crippen molar-refractivity contribution in [2.75, 3.05) is 13.2 Å². The molecule has 0 saturated carbocycles. The van der Waals surface area contributed by atoms with Crippen LogP contribution in [0.15, 0.2) is 39.4 Å². The number of aryl methyl sites for hydroxylation is 1. The van der Waals surface area contributed by atoms with Gasteiger partial charge in [-0.2, -0.15) is 0 Å². The molecule has 3 aromatic rings. The third kappa shape index (κ3) is 4.20. The molecule has 0 aliphatic carbocycles. The van der Waals surface area contributed by atoms with Crippen LogP contribution in [0, 0.1) is 6.92 Å². The molecule has 25 heavy (non-hydrogen) atoms. The van der Waals surface area contributed by atoms with Gasteiger partial charge in [-0.15, -0.1) is 22.7 Å². The van der Waals surface area contributed by atoms with Crippen molar-refractivity contribution < 1.29 is 9.15 Å². The lowest BCUT2D eigenvalue weighted by Crippen LogP contribution is -2.31. The third-order valence-electron chi connectivity index (χ3n) is 4.44. The Kier molecular flexibility index (Phi) is 5.31. The summed E-state index contributed by atoms with van der Waals surface area (Å²) in [7, 11) is 0. The normalized spacial score (nSPS) is 17.6. The Hall–Kier alpha value is -1.47. The maximum atomic E-state index is 5.91. The van der Waals surface area contributed by atoms with Crippen molar-refractivity contribution in [1.82, 2.24) is 9.88 Å². The third-order valence-corrected chi connectivity index (χ3v) is 6.16. The fraction of sp³-hybridized carbons (Fsp3) is 0.421. The summed E-state index contributed by atoms with van der Waals surface area (Å²) >= 11 is 3.46. The van der Waals surface area contributed by atoms with Crippen molar-refractivity contribution in [2.24, 2.45) is 0 Å². The lowest BCUT2D eigenvalue weighted by Gasteiger charge is -2.24. The van der Waals surface area contributed by atoms with Gasteiger partial charge in [-0.25, -0.2) is 4.98 Å². The number of aromatic nitrogens is 1. The second kappa shape index (κ2) is 7.83. The first-order chi connectivity index (χ1) is 12.3. The summed E-state index contributed by atoms with van der Waals surface area (Å²) in [6.07, 6.45) is 2.66. The molecule has 0 aromatic carbocycles. The highest BCUT2D eigenvalue weighted by atomic mass is 32.1. The summed E-state index contributed by atoms with van der Waals surface area (Å²) < 4.78 is 11.8. The fourth-order valence-corrected chi connectivity index (χ4v) is 4.57. The zero-order valence-electron chi connectivity index (χ0n) is 14.3. The molecule has 132 valence electrons. The van der Waals surface area contributed by atoms with Crippen LogP contribution in [0.5, 0.6) is 0 Å². The summed E-state index contributed by atoms with van der Waals surface area (Å²) in [6.45, 7) is 5.56. The van der Waals surface area contributed by atoms with E-state index in [0.29, 0.717) is 6.10 Å². The Balaban J connectivity index is 1.50. The average molecular weight is 375 g/mol. The van der Waals surface area contributed by atoms with Gasteiger partial charge in [0.25, 0.3) is 0 Å². The minimum absolute atomic E-state index is 0.337. The molecule has 0 N–H and O–H groups in total. The van der Waals surface area contributed by atoms with Crippen molar-refractivity contribution in [2.45, 2.75) is 39.0 Å². The molecule has 1 aliphatic rings. The number of nitrogens with zero attached hydrogens (tertiary/aromatic N) is 2. The molecule has 1 saturated heterocycles. The second-order valence-electron chi connectivity index (χ2n) is 6.38. The van der Waals surface area contributed by atoms with Crippen LogP contribution >= 0.6 is 22.7 Å². The number of rotatable bonds is 7. The Bertz CT molecular complexity index is 775. The lowest BCUT2D eigenvalue weighted by molar-refractivity contribution is 0.0677. The van der Waals surface area contributed by atoms with Crippen LogP contribution in [-0.2, 0) is 17.8 Å². The van der Waals surface area contributed by atoms with Gasteiger partial charge in [0, 0.05) is 31.1 Å². The van der Waals surface area contributed by atoms with Crippen LogP contribution in [0.1, 0.15) is 29.2 Å². The van der Waals surface area contributed by atoms with E-state index in [1.165, 1.54) is 11.3 Å². The summed E-state index contributed by atoms with van der Waals surface area (Å²) in [5.41, 5.74) is 1.03. The molecule has 4 nitrogen and oxygen atoms in total. The Labute approximate surface area is 156 Å². The Morgan fingerprint density at radius 2 is 2.08 bits per heavy atom. The van der Waals surface area contributed by atoms with Gasteiger partial charge in [0.1, 0.15) is 5.76 Å². The zero-order valence-corrected chi connectivity index (χ0v) is 15.9. The van der Waals surface area contributed by atoms with E-state index in [0.717, 1.165) is 54.9 Å². The number of hydrogen-bond acceptors (Lipinski definition) is 6. The van der Waals surface area contributed by atoms with Crippen LogP contribution in [0.2, 0.25) is 0 Å². The predicted molar refractivity (Wildman–Crippen MR) is 102 cm³/mol. The molecule has 4 heterocycles. The van der Waals surface area contributed by atoms with Crippen LogP contribution in [0.3, 0.4) is 0 Å². The highest BCUT2D eigenvalue weighted by Crippen LogP contribution is 2.27. The van der Waals surface area contributed by atoms with Gasteiger partial charge in [0.15, 0.2) is 0 Å². The predicted octanol–water partition coefficient (Wildman–Crippen LogP) is 4.95. The fourth-order valence-electron chi connectivity index (χ4n) is 3.18. The maximum absolute atomic E-state index is 5.91. The molecule has 0 bridgehead atoms. The summed E-state index contributed by atoms with van der Waals surface area (Å²) in [4.78, 5) is 9.65. The minimum Gasteiger partial charge on any atom is -0.440 e. The quantitative estimate of drug-likeness (QED) is 0.586. The highest BCUT2D eigenvalue weighted by molar-refractivity contribution is 7.13. The molecular weight excluding hydrogens is 352 g/mol. The zero-order chi connectivity index (χ0) is 17.1. The van der Waals surface area contributed by atoms with E-state index in [1.54, 1.807) is 22.7 Å². The first kappa shape index (κ1) is 17.0. The van der Waals surface area contributed by atoms with E-state index >= 15 is 0 Å². The summed E-state index contributed by atoms with van der Waals surface area (Å²) in [5.74, 6) is 1.64. The molecular formula is C19H22N2O2S2. The van der Waals surface area contributed by atoms with Gasteiger partial charge in [-0.3, -0.25) is 4.90 Å². The van der Waals surface area contributed by atoms with Gasteiger partial charge >= 0.3 is 0 Å². The van der Waals surface area contributed by atoms with E-state index in [-0.39, 0.29) is 0 Å². The van der Waals surface area contributed by atoms with Crippen molar-refractivity contribution in [3.05, 3.63) is 51.4 Å². The summed E-state index contributed by atoms with van der Waals surface area (Å²) in [5, 5.41) is 4.19. The van der Waals surface area contributed by atoms with Crippen molar-refractivity contribution in [3.63, 3.8) is 0 Å². The smallest absolute Gasteiger partial charge is 0.236 e. The summed E-state index contributed by atoms with van der Waals surface area (Å²) in [6, 6.07) is 8.38. The molecule has 0 spiro atoms. The standard InChI is InChI=1S/C19H22N2O2S2/c1-14-17(20-19(23-14)18-7-4-10-25-18)13-21(11-15-5-2-8-22-15)12-16-6-3-9-24-16/h3-4,6-7,9-10,15H,2,5,8,11-13H2,1H3. The van der Waals surface area contributed by atoms with Gasteiger partial charge in [0.2, 0.25) is 5.89 Å². The van der Waals surface area contributed by atoms with Crippen LogP contribution in [0.4, 0.5) is 0 Å². The van der Waals surface area contributed by atoms with E-state index in [2.05, 4.69) is 33.9 Å². The van der Waals surface area contributed by atoms with E-state index in [4.69, 9.17) is 14.1 Å². The van der Waals surface area contributed by atoms with Crippen molar-refractivity contribution in [1.29, 1.82) is 0 Å². The molecule has 0 amide bonds. The molecule has 4 rings (SSSR count). The highest BCUT2D eigenvalue weighted by Gasteiger charge is 2.22. The molecule has 1 fully saturated rings. The average Bonchev–Trinajstić information content (AvgIpc) is 3.36. The SMILES string of the molecule is Cc1oc(-c2cccs2)nc1CN(Cc1cccs1)CC1CCCO1. The molecule has 6 heteroatoms. The molecule has 1 unspecified atom stereocenters. The minimum atomic E-state index is 0.337. The van der Waals surface area contributed by atoms with Gasteiger partial charge in [-0.05, 0) is 42.7 Å². The molecule has 1 aliphatic heterocycles. The molecule has 1 atom stereocenters. The number of ether oxygens (including phenoxy) is 1. The van der Waals surface area contributed by atoms with E-state index in [9.17, 15) is 0 Å². The Morgan fingerprint density at radius 1 is 1.20 bits per heavy atom. The first-order valence-corrected chi connectivity index (χ1v) is 10.4. The topological polar surface area (TPSA) is 38.5 Å². The molecule has 0 radical (unpaired) electrons. The number of hydrogen-bond donors (Lipinski definition) is 0. The Morgan fingerprint density at radius 3 is 2.80 bits per heavy atom. The van der Waals surface area contributed by atoms with Gasteiger partial charge in [-0.1, -0.05) is 12.1 Å². The largest absolute Gasteiger partial charge is 0.440 e. The lowest BCUT2D eigenvalue weighted by atomic mass is 10.2. The van der Waals surface area contributed by atoms with Gasteiger partial charge < -0.3 is 9.15 Å². The first-order valence-electron chi connectivity index (χ1n) is 8.64. The van der Waals surface area contributed by atoms with Crippen molar-refractivity contribution in [3.8, 4) is 10.8 Å².